The third-order valence-corrected chi connectivity index (χ3v) is 4.23. The first-order chi connectivity index (χ1) is 11.9. The average molecular weight is 326 g/mol. The van der Waals surface area contributed by atoms with Crippen molar-refractivity contribution in [1.29, 1.82) is 0 Å². The standard InChI is InChI=1S/C20H22O4/c1-2-5-15(6-3-1)9-10-16-7-4-8-19(23-13-17-11-21-17)20(16)24-14-18-12-22-18/h1-8,17-18H,9-14H2. The maximum absolute atomic E-state index is 6.04. The molecule has 0 N–H and O–H groups in total. The Bertz CT molecular complexity index is 663. The van der Waals surface area contributed by atoms with Gasteiger partial charge in [0.05, 0.1) is 13.2 Å². The summed E-state index contributed by atoms with van der Waals surface area (Å²) < 4.78 is 22.4. The van der Waals surface area contributed by atoms with Crippen LogP contribution in [0.25, 0.3) is 0 Å². The maximum atomic E-state index is 6.04. The smallest absolute Gasteiger partial charge is 0.164 e. The van der Waals surface area contributed by atoms with Gasteiger partial charge in [0.25, 0.3) is 0 Å². The monoisotopic (exact) mass is 326 g/mol. The van der Waals surface area contributed by atoms with Crippen LogP contribution in [0.3, 0.4) is 0 Å². The van der Waals surface area contributed by atoms with Crippen LogP contribution in [0.4, 0.5) is 0 Å². The molecule has 0 spiro atoms. The molecule has 24 heavy (non-hydrogen) atoms. The van der Waals surface area contributed by atoms with Gasteiger partial charge in [-0.15, -0.1) is 0 Å². The molecule has 0 aromatic heterocycles. The fourth-order valence-corrected chi connectivity index (χ4v) is 2.65. The Morgan fingerprint density at radius 3 is 2.21 bits per heavy atom. The maximum Gasteiger partial charge on any atom is 0.164 e. The van der Waals surface area contributed by atoms with Crippen LogP contribution in [0.1, 0.15) is 11.1 Å². The average Bonchev–Trinajstić information content (AvgIpc) is 3.52. The highest BCUT2D eigenvalue weighted by Crippen LogP contribution is 2.33. The van der Waals surface area contributed by atoms with Gasteiger partial charge in [-0.1, -0.05) is 42.5 Å². The van der Waals surface area contributed by atoms with Gasteiger partial charge in [-0.3, -0.25) is 0 Å². The predicted molar refractivity (Wildman–Crippen MR) is 90.8 cm³/mol. The zero-order valence-corrected chi connectivity index (χ0v) is 13.6. The van der Waals surface area contributed by atoms with E-state index in [1.54, 1.807) is 0 Å². The number of hydrogen-bond donors (Lipinski definition) is 0. The molecule has 2 heterocycles. The summed E-state index contributed by atoms with van der Waals surface area (Å²) in [4.78, 5) is 0. The molecule has 0 amide bonds. The molecular formula is C20H22O4. The van der Waals surface area contributed by atoms with Gasteiger partial charge in [-0.25, -0.2) is 0 Å². The van der Waals surface area contributed by atoms with E-state index in [2.05, 4.69) is 30.3 Å². The fourth-order valence-electron chi connectivity index (χ4n) is 2.65. The summed E-state index contributed by atoms with van der Waals surface area (Å²) >= 11 is 0. The van der Waals surface area contributed by atoms with E-state index in [9.17, 15) is 0 Å². The number of ether oxygens (including phenoxy) is 4. The molecule has 2 aromatic rings. The summed E-state index contributed by atoms with van der Waals surface area (Å²) in [6, 6.07) is 16.6. The van der Waals surface area contributed by atoms with Crippen LogP contribution in [0, 0.1) is 0 Å². The molecule has 2 saturated heterocycles. The largest absolute Gasteiger partial charge is 0.487 e. The number of benzene rings is 2. The molecule has 2 atom stereocenters. The van der Waals surface area contributed by atoms with Crippen molar-refractivity contribution in [3.05, 3.63) is 59.7 Å². The summed E-state index contributed by atoms with van der Waals surface area (Å²) in [5, 5.41) is 0. The van der Waals surface area contributed by atoms with Gasteiger partial charge in [0.2, 0.25) is 0 Å². The molecule has 126 valence electrons. The Kier molecular flexibility index (Phi) is 4.67. The highest BCUT2D eigenvalue weighted by atomic mass is 16.6. The minimum atomic E-state index is 0.229. The van der Waals surface area contributed by atoms with Crippen LogP contribution in [0.15, 0.2) is 48.5 Å². The molecule has 0 radical (unpaired) electrons. The highest BCUT2D eigenvalue weighted by molar-refractivity contribution is 5.47. The van der Waals surface area contributed by atoms with E-state index in [1.807, 2.05) is 18.2 Å². The van der Waals surface area contributed by atoms with Crippen molar-refractivity contribution in [2.45, 2.75) is 25.0 Å². The second-order valence-electron chi connectivity index (χ2n) is 6.26. The molecule has 4 rings (SSSR count). The Morgan fingerprint density at radius 1 is 0.792 bits per heavy atom. The zero-order valence-electron chi connectivity index (χ0n) is 13.6. The van der Waals surface area contributed by atoms with Crippen molar-refractivity contribution in [2.75, 3.05) is 26.4 Å². The Labute approximate surface area is 142 Å². The molecule has 2 unspecified atom stereocenters. The van der Waals surface area contributed by atoms with Crippen LogP contribution in [-0.4, -0.2) is 38.6 Å². The molecule has 2 aliphatic heterocycles. The Hall–Kier alpha value is -2.04. The van der Waals surface area contributed by atoms with E-state index >= 15 is 0 Å². The van der Waals surface area contributed by atoms with E-state index in [-0.39, 0.29) is 12.2 Å². The van der Waals surface area contributed by atoms with Gasteiger partial charge in [-0.05, 0) is 30.0 Å². The quantitative estimate of drug-likeness (QED) is 0.664. The van der Waals surface area contributed by atoms with Crippen molar-refractivity contribution in [3.63, 3.8) is 0 Å². The number of rotatable bonds is 9. The number of epoxide rings is 2. The van der Waals surface area contributed by atoms with E-state index in [0.29, 0.717) is 13.2 Å². The molecule has 0 aliphatic carbocycles. The van der Waals surface area contributed by atoms with E-state index in [4.69, 9.17) is 18.9 Å². The second-order valence-corrected chi connectivity index (χ2v) is 6.26. The van der Waals surface area contributed by atoms with Crippen LogP contribution in [0.5, 0.6) is 11.5 Å². The van der Waals surface area contributed by atoms with Crippen molar-refractivity contribution in [3.8, 4) is 11.5 Å². The van der Waals surface area contributed by atoms with Gasteiger partial charge in [0.1, 0.15) is 25.4 Å². The van der Waals surface area contributed by atoms with E-state index in [0.717, 1.165) is 37.6 Å². The summed E-state index contributed by atoms with van der Waals surface area (Å²) in [5.74, 6) is 1.65. The predicted octanol–water partition coefficient (Wildman–Crippen LogP) is 3.03. The number of aryl methyl sites for hydroxylation is 2. The van der Waals surface area contributed by atoms with Crippen molar-refractivity contribution >= 4 is 0 Å². The number of para-hydroxylation sites is 1. The van der Waals surface area contributed by atoms with Gasteiger partial charge >= 0.3 is 0 Å². The summed E-state index contributed by atoms with van der Waals surface area (Å²) in [6.45, 7) is 2.75. The summed E-state index contributed by atoms with van der Waals surface area (Å²) in [6.07, 6.45) is 2.36. The molecule has 2 aromatic carbocycles. The number of hydrogen-bond acceptors (Lipinski definition) is 4. The summed E-state index contributed by atoms with van der Waals surface area (Å²) in [5.41, 5.74) is 2.50. The van der Waals surface area contributed by atoms with Crippen molar-refractivity contribution < 1.29 is 18.9 Å². The Balaban J connectivity index is 1.47. The molecule has 0 saturated carbocycles. The van der Waals surface area contributed by atoms with Gasteiger partial charge < -0.3 is 18.9 Å². The van der Waals surface area contributed by atoms with Gasteiger partial charge in [-0.2, -0.15) is 0 Å². The molecule has 0 bridgehead atoms. The van der Waals surface area contributed by atoms with E-state index in [1.165, 1.54) is 11.1 Å². The molecular weight excluding hydrogens is 304 g/mol. The fraction of sp³-hybridized carbons (Fsp3) is 0.400. The van der Waals surface area contributed by atoms with Crippen molar-refractivity contribution in [2.24, 2.45) is 0 Å². The summed E-state index contributed by atoms with van der Waals surface area (Å²) in [7, 11) is 0. The van der Waals surface area contributed by atoms with Crippen LogP contribution >= 0.6 is 0 Å². The first-order valence-electron chi connectivity index (χ1n) is 8.53. The first-order valence-corrected chi connectivity index (χ1v) is 8.53. The van der Waals surface area contributed by atoms with Crippen LogP contribution in [0.2, 0.25) is 0 Å². The lowest BCUT2D eigenvalue weighted by molar-refractivity contribution is 0.226. The molecule has 2 aliphatic rings. The molecule has 4 nitrogen and oxygen atoms in total. The SMILES string of the molecule is c1ccc(CCc2cccc(OCC3CO3)c2OCC2CO2)cc1. The molecule has 2 fully saturated rings. The van der Waals surface area contributed by atoms with Crippen LogP contribution < -0.4 is 9.47 Å². The van der Waals surface area contributed by atoms with Gasteiger partial charge in [0.15, 0.2) is 11.5 Å². The lowest BCUT2D eigenvalue weighted by Crippen LogP contribution is -2.10. The third kappa shape index (κ3) is 4.28. The lowest BCUT2D eigenvalue weighted by atomic mass is 10.0. The van der Waals surface area contributed by atoms with Crippen molar-refractivity contribution in [1.82, 2.24) is 0 Å². The minimum Gasteiger partial charge on any atom is -0.487 e. The Morgan fingerprint density at radius 2 is 1.50 bits per heavy atom. The zero-order chi connectivity index (χ0) is 16.2. The molecule has 4 heteroatoms. The second kappa shape index (κ2) is 7.24. The van der Waals surface area contributed by atoms with Gasteiger partial charge in [0, 0.05) is 0 Å². The van der Waals surface area contributed by atoms with Crippen LogP contribution in [-0.2, 0) is 22.3 Å². The normalized spacial score (nSPS) is 21.3. The first kappa shape index (κ1) is 15.5. The topological polar surface area (TPSA) is 43.5 Å². The minimum absolute atomic E-state index is 0.229. The third-order valence-electron chi connectivity index (χ3n) is 4.23. The lowest BCUT2D eigenvalue weighted by Gasteiger charge is -2.16. The van der Waals surface area contributed by atoms with E-state index < -0.39 is 0 Å². The highest BCUT2D eigenvalue weighted by Gasteiger charge is 2.26.